The van der Waals surface area contributed by atoms with E-state index in [-0.39, 0.29) is 0 Å². The molecule has 0 unspecified atom stereocenters. The van der Waals surface area contributed by atoms with E-state index in [1.54, 1.807) is 80.2 Å². The van der Waals surface area contributed by atoms with Gasteiger partial charge >= 0.3 is 0 Å². The Morgan fingerprint density at radius 3 is 1.05 bits per heavy atom. The zero-order valence-corrected chi connectivity index (χ0v) is 79.8. The van der Waals surface area contributed by atoms with Crippen LogP contribution in [0.4, 0.5) is 5.69 Å². The Balaban J connectivity index is 0.000000464. The minimum absolute atomic E-state index is 0.549. The Morgan fingerprint density at radius 1 is 0.268 bits per heavy atom. The molecule has 0 fully saturated rings. The highest BCUT2D eigenvalue weighted by Gasteiger charge is 2.10. The van der Waals surface area contributed by atoms with Crippen LogP contribution in [0, 0.1) is 29.2 Å². The molecule has 18 heteroatoms. The van der Waals surface area contributed by atoms with Crippen molar-refractivity contribution >= 4 is 108 Å². The third-order valence-electron chi connectivity index (χ3n) is 18.6. The van der Waals surface area contributed by atoms with Crippen LogP contribution >= 0.6 is 46.4 Å². The molecule has 638 valence electrons. The van der Waals surface area contributed by atoms with Crippen LogP contribution in [-0.4, -0.2) is 54.8 Å². The molecule has 0 saturated heterocycles. The van der Waals surface area contributed by atoms with E-state index in [2.05, 4.69) is 203 Å². The molecule has 0 bridgehead atoms. The summed E-state index contributed by atoms with van der Waals surface area (Å²) in [4.78, 5) is 49.0. The predicted molar refractivity (Wildman–Crippen MR) is 526 cm³/mol. The normalized spacial score (nSPS) is 9.40. The number of pyridine rings is 11. The summed E-state index contributed by atoms with van der Waals surface area (Å²) in [7, 11) is 0. The van der Waals surface area contributed by atoms with Crippen molar-refractivity contribution in [3.05, 3.63) is 388 Å². The van der Waals surface area contributed by atoms with E-state index in [1.807, 2.05) is 214 Å². The topological polar surface area (TPSA) is 194 Å². The lowest BCUT2D eigenvalue weighted by molar-refractivity contribution is 1.20. The Hall–Kier alpha value is -12.3. The molecule has 0 aliphatic rings. The molecule has 0 aliphatic carbocycles. The monoisotopic (exact) mass is 1720 g/mol. The van der Waals surface area contributed by atoms with Crippen molar-refractivity contribution < 1.29 is 0 Å². The lowest BCUT2D eigenvalue weighted by atomic mass is 10.0. The van der Waals surface area contributed by atoms with E-state index in [4.69, 9.17) is 63.5 Å². The Kier molecular flexibility index (Phi) is 50.9. The number of hydrogen-bond acceptors (Lipinski definition) is 13. The number of nitrogens with zero attached hydrogens (tertiary/aromatic N) is 14. The van der Waals surface area contributed by atoms with Crippen molar-refractivity contribution in [1.82, 2.24) is 54.8 Å². The Labute approximate surface area is 754 Å². The molecule has 11 heterocycles. The van der Waals surface area contributed by atoms with Gasteiger partial charge in [-0.05, 0) is 358 Å². The van der Waals surface area contributed by atoms with Crippen LogP contribution in [0.1, 0.15) is 249 Å². The maximum absolute atomic E-state index is 8.81. The van der Waals surface area contributed by atoms with Gasteiger partial charge in [0.05, 0.1) is 68.7 Å². The van der Waals surface area contributed by atoms with Crippen LogP contribution in [0.25, 0.3) is 60.6 Å². The van der Waals surface area contributed by atoms with Gasteiger partial charge in [0.15, 0.2) is 5.69 Å². The molecule has 0 saturated carbocycles. The summed E-state index contributed by atoms with van der Waals surface area (Å²) < 4.78 is 0. The first-order valence-corrected chi connectivity index (χ1v) is 41.4. The number of hydrogen-bond donors (Lipinski definition) is 0. The number of rotatable bonds is 11. The first-order chi connectivity index (χ1) is 58.3. The maximum Gasteiger partial charge on any atom is 0.190 e. The van der Waals surface area contributed by atoms with Gasteiger partial charge < -0.3 is 0 Å². The maximum atomic E-state index is 8.81. The largest absolute Gasteiger partial charge is 0.264 e. The fraction of sp³-hybridized carbons (Fsp3) is 0.257. The summed E-state index contributed by atoms with van der Waals surface area (Å²) in [6.07, 6.45) is 22.8. The third-order valence-corrected chi connectivity index (χ3v) is 19.4. The summed E-state index contributed by atoms with van der Waals surface area (Å²) in [5.41, 5.74) is 35.0. The highest BCUT2D eigenvalue weighted by Crippen LogP contribution is 2.27. The molecule has 0 N–H and O–H groups in total. The van der Waals surface area contributed by atoms with E-state index in [9.17, 15) is 0 Å². The molecular formula is C105H120Cl4N14. The van der Waals surface area contributed by atoms with Gasteiger partial charge in [0, 0.05) is 96.7 Å². The fourth-order valence-corrected chi connectivity index (χ4v) is 10.5. The molecule has 11 aromatic rings. The first kappa shape index (κ1) is 107. The summed E-state index contributed by atoms with van der Waals surface area (Å²) in [5.74, 6) is 0. The van der Waals surface area contributed by atoms with E-state index in [0.29, 0.717) is 32.2 Å². The van der Waals surface area contributed by atoms with E-state index in [1.165, 1.54) is 83.6 Å². The molecule has 0 radical (unpaired) electrons. The van der Waals surface area contributed by atoms with Gasteiger partial charge in [-0.1, -0.05) is 145 Å². The molecule has 11 aromatic heterocycles. The lowest BCUT2D eigenvalue weighted by Crippen LogP contribution is -1.95. The second kappa shape index (κ2) is 58.6. The number of halogens is 4. The first-order valence-electron chi connectivity index (χ1n) is 39.9. The minimum atomic E-state index is 0.549. The predicted octanol–water partition coefficient (Wildman–Crippen LogP) is 31.5. The van der Waals surface area contributed by atoms with E-state index in [0.717, 1.165) is 83.9 Å². The summed E-state index contributed by atoms with van der Waals surface area (Å²) >= 11 is 23.2. The second-order valence-electron chi connectivity index (χ2n) is 30.0. The van der Waals surface area contributed by atoms with Crippen molar-refractivity contribution in [2.45, 2.75) is 187 Å². The quantitative estimate of drug-likeness (QED) is 0.0675. The van der Waals surface area contributed by atoms with Crippen molar-refractivity contribution in [3.63, 3.8) is 0 Å². The molecule has 14 nitrogen and oxygen atoms in total. The van der Waals surface area contributed by atoms with Gasteiger partial charge in [0.25, 0.3) is 0 Å². The van der Waals surface area contributed by atoms with Gasteiger partial charge in [0.2, 0.25) is 0 Å². The van der Waals surface area contributed by atoms with Gasteiger partial charge in [-0.15, -0.1) is 0 Å². The highest BCUT2D eigenvalue weighted by molar-refractivity contribution is 6.31. The molecule has 0 spiro atoms. The van der Waals surface area contributed by atoms with Gasteiger partial charge in [-0.25, -0.2) is 14.8 Å². The molecule has 0 aliphatic heterocycles. The standard InChI is InChI=1S/C14H14N2.C11H12N2.4C10H12ClN.2C10H10N2.2C10H13N/c1-11(2)14(12-7-3-5-9-15-12)13-8-4-6-10-16-13;1-8(2)9(3)11-7-10(12-4)5-6-13-11;1-7(2)8(3)9-4-10(11)6-12-5-9;1-7(2)8(3)10-6-9(11)4-5-12-10;1-7(2)8(3)9-4-5-12-10(11)6-9;1-7(2)8(3)9-5-4-6-10(11)12-9;1-8(2)10(6-11)9-4-3-5-12-7-9;1-8(2)9(7-11)10-5-3-4-6-12-10;1-8(2)9(3)10-5-4-6-11-7-10;1-8(2)9(3)10-6-4-5-7-11-10/h3-10H,1-2H3;5-7H,1-3H3;4*4-6H,1-3H3;3-5,7H,1-2H3;3-6H,1-2H3;2*4-7H,1-3H3. The van der Waals surface area contributed by atoms with Crippen molar-refractivity contribution in [2.24, 2.45) is 0 Å². The average Bonchev–Trinajstić information content (AvgIpc) is 0.836. The average molecular weight is 1720 g/mol. The van der Waals surface area contributed by atoms with Crippen LogP contribution in [0.3, 0.4) is 0 Å². The number of allylic oxidation sites excluding steroid dienone is 19. The molecule has 0 atom stereocenters. The summed E-state index contributed by atoms with van der Waals surface area (Å²) in [6, 6.07) is 54.1. The molecule has 0 aromatic carbocycles. The van der Waals surface area contributed by atoms with E-state index < -0.39 is 0 Å². The molecule has 0 amide bonds. The van der Waals surface area contributed by atoms with Crippen molar-refractivity contribution in [1.29, 1.82) is 10.5 Å². The molecular weight excluding hydrogens is 1600 g/mol. The van der Waals surface area contributed by atoms with Gasteiger partial charge in [-0.3, -0.25) is 44.9 Å². The SMILES string of the molecule is CC(C)=C(C#N)c1ccccn1.CC(C)=C(C#N)c1cccnc1.CC(C)=C(C)c1cc(Cl)ccn1.CC(C)=C(C)c1cccc(Cl)n1.CC(C)=C(C)c1ccccn1.CC(C)=C(C)c1cccnc1.CC(C)=C(C)c1ccnc(Cl)c1.CC(C)=C(C)c1cncc(Cl)c1.CC(C)=C(c1ccccn1)c1ccccn1.[C-]#[N+]c1ccnc(C(C)=C(C)C)c1. The molecule has 11 rings (SSSR count). The lowest BCUT2D eigenvalue weighted by Gasteiger charge is -2.08. The fourth-order valence-electron chi connectivity index (χ4n) is 9.81. The minimum Gasteiger partial charge on any atom is -0.264 e. The van der Waals surface area contributed by atoms with Crippen molar-refractivity contribution in [3.8, 4) is 12.1 Å². The van der Waals surface area contributed by atoms with Gasteiger partial charge in [0.1, 0.15) is 16.4 Å². The smallest absolute Gasteiger partial charge is 0.190 e. The third kappa shape index (κ3) is 41.2. The summed E-state index contributed by atoms with van der Waals surface area (Å²) in [5, 5.41) is 20.1. The Bertz CT molecular complexity index is 5150. The second-order valence-corrected chi connectivity index (χ2v) is 31.7. The van der Waals surface area contributed by atoms with Crippen LogP contribution in [0.2, 0.25) is 20.4 Å². The van der Waals surface area contributed by atoms with Gasteiger partial charge in [-0.2, -0.15) is 10.5 Å². The van der Waals surface area contributed by atoms with Crippen molar-refractivity contribution in [2.75, 3.05) is 0 Å². The van der Waals surface area contributed by atoms with Crippen LogP contribution in [0.15, 0.2) is 294 Å². The van der Waals surface area contributed by atoms with Crippen LogP contribution in [-0.2, 0) is 0 Å². The van der Waals surface area contributed by atoms with E-state index >= 15 is 0 Å². The molecule has 123 heavy (non-hydrogen) atoms. The summed E-state index contributed by atoms with van der Waals surface area (Å²) in [6.45, 7) is 62.3. The van der Waals surface area contributed by atoms with Crippen LogP contribution < -0.4 is 0 Å². The Morgan fingerprint density at radius 2 is 0.659 bits per heavy atom. The zero-order chi connectivity index (χ0) is 92.3. The highest BCUT2D eigenvalue weighted by atomic mass is 35.5. The van der Waals surface area contributed by atoms with Crippen LogP contribution in [0.5, 0.6) is 0 Å². The zero-order valence-electron chi connectivity index (χ0n) is 76.8. The number of nitriles is 2. The number of aromatic nitrogens is 11.